The Morgan fingerprint density at radius 3 is 2.65 bits per heavy atom. The van der Waals surface area contributed by atoms with E-state index in [2.05, 4.69) is 25.8 Å². The number of anilines is 1. The molecule has 0 spiro atoms. The third kappa shape index (κ3) is 4.57. The first-order valence-electron chi connectivity index (χ1n) is 8.95. The topological polar surface area (TPSA) is 102 Å². The van der Waals surface area contributed by atoms with Crippen LogP contribution in [-0.2, 0) is 4.74 Å². The average Bonchev–Trinajstić information content (AvgIpc) is 3.10. The maximum absolute atomic E-state index is 12.5. The van der Waals surface area contributed by atoms with E-state index in [0.29, 0.717) is 30.7 Å². The maximum Gasteiger partial charge on any atom is 0.321 e. The highest BCUT2D eigenvalue weighted by atomic mass is 16.5. The molecule has 0 aliphatic carbocycles. The van der Waals surface area contributed by atoms with E-state index in [-0.39, 0.29) is 23.9 Å². The third-order valence-corrected chi connectivity index (χ3v) is 4.39. The van der Waals surface area contributed by atoms with Gasteiger partial charge in [0.05, 0.1) is 0 Å². The minimum atomic E-state index is -0.358. The Balaban J connectivity index is 1.75. The predicted octanol–water partition coefficient (Wildman–Crippen LogP) is 3.19. The molecule has 0 aromatic carbocycles. The summed E-state index contributed by atoms with van der Waals surface area (Å²) in [4.78, 5) is 21.3. The number of pyridine rings is 1. The molecule has 140 valence electrons. The number of rotatable bonds is 5. The van der Waals surface area contributed by atoms with E-state index in [1.54, 1.807) is 6.07 Å². The molecule has 2 amide bonds. The van der Waals surface area contributed by atoms with Gasteiger partial charge in [0.1, 0.15) is 11.9 Å². The summed E-state index contributed by atoms with van der Waals surface area (Å²) in [5, 5.41) is 9.78. The van der Waals surface area contributed by atoms with E-state index in [1.165, 1.54) is 0 Å². The number of carbonyl (C=O) groups excluding carboxylic acids is 1. The Bertz CT molecular complexity index is 740. The lowest BCUT2D eigenvalue weighted by atomic mass is 9.91. The maximum atomic E-state index is 12.5. The smallest absolute Gasteiger partial charge is 0.321 e. The van der Waals surface area contributed by atoms with Crippen LogP contribution in [-0.4, -0.2) is 34.4 Å². The Morgan fingerprint density at radius 1 is 1.23 bits per heavy atom. The van der Waals surface area contributed by atoms with Crippen LogP contribution in [0.5, 0.6) is 0 Å². The van der Waals surface area contributed by atoms with Crippen LogP contribution in [0.2, 0.25) is 0 Å². The molecular weight excluding hydrogens is 334 g/mol. The Morgan fingerprint density at radius 2 is 2.00 bits per heavy atom. The lowest BCUT2D eigenvalue weighted by molar-refractivity contribution is 0.0506. The van der Waals surface area contributed by atoms with Crippen molar-refractivity contribution in [1.29, 1.82) is 0 Å². The van der Waals surface area contributed by atoms with Gasteiger partial charge in [-0.05, 0) is 37.8 Å². The van der Waals surface area contributed by atoms with Gasteiger partial charge in [0.15, 0.2) is 5.82 Å². The number of amides is 2. The van der Waals surface area contributed by atoms with Gasteiger partial charge in [0, 0.05) is 24.8 Å². The summed E-state index contributed by atoms with van der Waals surface area (Å²) >= 11 is 0. The van der Waals surface area contributed by atoms with Crippen molar-refractivity contribution in [2.45, 2.75) is 45.6 Å². The van der Waals surface area contributed by atoms with Crippen molar-refractivity contribution in [2.24, 2.45) is 5.92 Å². The van der Waals surface area contributed by atoms with Crippen LogP contribution in [0.1, 0.15) is 56.1 Å². The van der Waals surface area contributed by atoms with Gasteiger partial charge in [-0.1, -0.05) is 25.1 Å². The van der Waals surface area contributed by atoms with E-state index in [4.69, 9.17) is 9.26 Å². The zero-order chi connectivity index (χ0) is 18.5. The number of hydrogen-bond donors (Lipinski definition) is 2. The van der Waals surface area contributed by atoms with E-state index in [9.17, 15) is 4.79 Å². The monoisotopic (exact) mass is 359 g/mol. The standard InChI is InChI=1S/C18H25N5O3/c1-11(2)16-22-17(26-23-16)15(13-7-9-25-10-8-13)21-18(24)20-14-6-4-5-12(3)19-14/h4-6,11,13,15H,7-10H2,1-3H3,(H2,19,20,21,24)/t15-/m0/s1. The summed E-state index contributed by atoms with van der Waals surface area (Å²) in [7, 11) is 0. The van der Waals surface area contributed by atoms with Crippen molar-refractivity contribution in [2.75, 3.05) is 18.5 Å². The number of nitrogens with one attached hydrogen (secondary N) is 2. The van der Waals surface area contributed by atoms with Crippen molar-refractivity contribution in [3.63, 3.8) is 0 Å². The summed E-state index contributed by atoms with van der Waals surface area (Å²) in [6.45, 7) is 7.20. The van der Waals surface area contributed by atoms with Crippen LogP contribution in [0.15, 0.2) is 22.7 Å². The highest BCUT2D eigenvalue weighted by molar-refractivity contribution is 5.88. The fraction of sp³-hybridized carbons (Fsp3) is 0.556. The molecule has 0 radical (unpaired) electrons. The summed E-state index contributed by atoms with van der Waals surface area (Å²) in [6, 6.07) is 4.77. The lowest BCUT2D eigenvalue weighted by Gasteiger charge is -2.28. The first-order chi connectivity index (χ1) is 12.5. The van der Waals surface area contributed by atoms with E-state index < -0.39 is 0 Å². The minimum Gasteiger partial charge on any atom is -0.381 e. The molecule has 1 aliphatic heterocycles. The summed E-state index contributed by atoms with van der Waals surface area (Å²) in [5.41, 5.74) is 0.835. The molecule has 1 fully saturated rings. The van der Waals surface area contributed by atoms with Crippen LogP contribution in [0.25, 0.3) is 0 Å². The fourth-order valence-corrected chi connectivity index (χ4v) is 2.94. The summed E-state index contributed by atoms with van der Waals surface area (Å²) in [5.74, 6) is 1.92. The molecule has 2 aromatic rings. The zero-order valence-electron chi connectivity index (χ0n) is 15.4. The van der Waals surface area contributed by atoms with Crippen molar-refractivity contribution in [1.82, 2.24) is 20.4 Å². The number of ether oxygens (including phenoxy) is 1. The van der Waals surface area contributed by atoms with E-state index in [1.807, 2.05) is 32.9 Å². The minimum absolute atomic E-state index is 0.160. The molecule has 0 unspecified atom stereocenters. The van der Waals surface area contributed by atoms with Crippen LogP contribution in [0, 0.1) is 12.8 Å². The van der Waals surface area contributed by atoms with E-state index in [0.717, 1.165) is 18.5 Å². The van der Waals surface area contributed by atoms with Gasteiger partial charge < -0.3 is 14.6 Å². The van der Waals surface area contributed by atoms with Gasteiger partial charge in [0.25, 0.3) is 0 Å². The second kappa shape index (κ2) is 8.27. The average molecular weight is 359 g/mol. The largest absolute Gasteiger partial charge is 0.381 e. The number of hydrogen-bond acceptors (Lipinski definition) is 6. The first kappa shape index (κ1) is 18.3. The van der Waals surface area contributed by atoms with Crippen molar-refractivity contribution < 1.29 is 14.1 Å². The Kier molecular flexibility index (Phi) is 5.82. The molecule has 2 aromatic heterocycles. The number of aromatic nitrogens is 3. The van der Waals surface area contributed by atoms with Crippen LogP contribution in [0.3, 0.4) is 0 Å². The quantitative estimate of drug-likeness (QED) is 0.850. The van der Waals surface area contributed by atoms with Gasteiger partial charge >= 0.3 is 6.03 Å². The molecule has 1 aliphatic rings. The molecule has 0 bridgehead atoms. The van der Waals surface area contributed by atoms with Gasteiger partial charge in [-0.3, -0.25) is 5.32 Å². The molecule has 3 rings (SSSR count). The second-order valence-electron chi connectivity index (χ2n) is 6.84. The molecule has 1 saturated heterocycles. The number of carbonyl (C=O) groups is 1. The van der Waals surface area contributed by atoms with Gasteiger partial charge in [-0.15, -0.1) is 0 Å². The zero-order valence-corrected chi connectivity index (χ0v) is 15.4. The van der Waals surface area contributed by atoms with Crippen LogP contribution in [0.4, 0.5) is 10.6 Å². The Labute approximate surface area is 152 Å². The molecule has 2 N–H and O–H groups in total. The van der Waals surface area contributed by atoms with Crippen LogP contribution < -0.4 is 10.6 Å². The highest BCUT2D eigenvalue weighted by Gasteiger charge is 2.31. The Hall–Kier alpha value is -2.48. The molecule has 3 heterocycles. The number of nitrogens with zero attached hydrogens (tertiary/aromatic N) is 3. The van der Waals surface area contributed by atoms with Crippen LogP contribution >= 0.6 is 0 Å². The molecule has 26 heavy (non-hydrogen) atoms. The fourth-order valence-electron chi connectivity index (χ4n) is 2.94. The molecule has 1 atom stereocenters. The first-order valence-corrected chi connectivity index (χ1v) is 8.95. The van der Waals surface area contributed by atoms with Gasteiger partial charge in [-0.2, -0.15) is 4.98 Å². The van der Waals surface area contributed by atoms with Gasteiger partial charge in [0.2, 0.25) is 5.89 Å². The normalized spacial score (nSPS) is 16.5. The number of aryl methyl sites for hydroxylation is 1. The molecule has 0 saturated carbocycles. The van der Waals surface area contributed by atoms with Crippen molar-refractivity contribution in [3.05, 3.63) is 35.6 Å². The molecule has 8 heteroatoms. The van der Waals surface area contributed by atoms with Gasteiger partial charge in [-0.25, -0.2) is 9.78 Å². The predicted molar refractivity (Wildman–Crippen MR) is 95.8 cm³/mol. The highest BCUT2D eigenvalue weighted by Crippen LogP contribution is 2.30. The second-order valence-corrected chi connectivity index (χ2v) is 6.84. The van der Waals surface area contributed by atoms with E-state index >= 15 is 0 Å². The van der Waals surface area contributed by atoms with Crippen molar-refractivity contribution >= 4 is 11.8 Å². The third-order valence-electron chi connectivity index (χ3n) is 4.39. The molecular formula is C18H25N5O3. The van der Waals surface area contributed by atoms with Crippen molar-refractivity contribution in [3.8, 4) is 0 Å². The number of urea groups is 1. The lowest BCUT2D eigenvalue weighted by Crippen LogP contribution is -2.38. The molecule has 8 nitrogen and oxygen atoms in total. The summed E-state index contributed by atoms with van der Waals surface area (Å²) in [6.07, 6.45) is 1.65. The summed E-state index contributed by atoms with van der Waals surface area (Å²) < 4.78 is 10.9. The SMILES string of the molecule is Cc1cccc(NC(=O)N[C@H](c2nc(C(C)C)no2)C2CCOCC2)n1.